The monoisotopic (exact) mass is 393 g/mol. The molecule has 0 aliphatic rings. The van der Waals surface area contributed by atoms with Crippen molar-refractivity contribution in [2.75, 3.05) is 6.54 Å². The Labute approximate surface area is 146 Å². The van der Waals surface area contributed by atoms with Gasteiger partial charge in [-0.1, -0.05) is 39.7 Å². The van der Waals surface area contributed by atoms with E-state index >= 15 is 0 Å². The Kier molecular flexibility index (Phi) is 6.31. The van der Waals surface area contributed by atoms with Gasteiger partial charge in [-0.15, -0.1) is 0 Å². The summed E-state index contributed by atoms with van der Waals surface area (Å²) in [4.78, 5) is 23.4. The van der Waals surface area contributed by atoms with Gasteiger partial charge >= 0.3 is 0 Å². The van der Waals surface area contributed by atoms with Crippen LogP contribution in [0.15, 0.2) is 58.1 Å². The minimum atomic E-state index is -0.416. The lowest BCUT2D eigenvalue weighted by Crippen LogP contribution is -2.34. The number of amides is 2. The molecule has 7 heteroatoms. The van der Waals surface area contributed by atoms with Crippen molar-refractivity contribution in [3.05, 3.63) is 69.2 Å². The van der Waals surface area contributed by atoms with Crippen LogP contribution in [-0.4, -0.2) is 24.6 Å². The predicted octanol–water partition coefficient (Wildman–Crippen LogP) is 2.98. The molecular weight excluding hydrogens is 382 g/mol. The van der Waals surface area contributed by atoms with Crippen LogP contribution in [0.25, 0.3) is 0 Å². The molecule has 2 aromatic rings. The highest BCUT2D eigenvalue weighted by atomic mass is 79.9. The molecule has 0 aliphatic carbocycles. The van der Waals surface area contributed by atoms with Gasteiger partial charge in [-0.25, -0.2) is 5.43 Å². The van der Waals surface area contributed by atoms with Crippen molar-refractivity contribution in [1.82, 2.24) is 10.7 Å². The molecule has 0 bridgehead atoms. The van der Waals surface area contributed by atoms with E-state index in [0.717, 1.165) is 10.0 Å². The van der Waals surface area contributed by atoms with Crippen molar-refractivity contribution in [2.45, 2.75) is 0 Å². The molecule has 0 spiro atoms. The lowest BCUT2D eigenvalue weighted by Gasteiger charge is -2.04. The fourth-order valence-electron chi connectivity index (χ4n) is 1.63. The van der Waals surface area contributed by atoms with E-state index in [1.165, 1.54) is 6.21 Å². The van der Waals surface area contributed by atoms with E-state index in [4.69, 9.17) is 11.6 Å². The molecule has 5 nitrogen and oxygen atoms in total. The first-order valence-corrected chi connectivity index (χ1v) is 7.83. The van der Waals surface area contributed by atoms with E-state index in [1.807, 2.05) is 24.3 Å². The average Bonchev–Trinajstić information content (AvgIpc) is 2.55. The number of rotatable bonds is 5. The van der Waals surface area contributed by atoms with E-state index in [9.17, 15) is 9.59 Å². The number of nitrogens with one attached hydrogen (secondary N) is 2. The molecule has 2 rings (SSSR count). The van der Waals surface area contributed by atoms with Crippen LogP contribution in [0, 0.1) is 0 Å². The number of hydrogen-bond acceptors (Lipinski definition) is 3. The van der Waals surface area contributed by atoms with E-state index < -0.39 is 5.91 Å². The molecule has 2 N–H and O–H groups in total. The Morgan fingerprint density at radius 3 is 2.39 bits per heavy atom. The zero-order valence-electron chi connectivity index (χ0n) is 11.9. The molecule has 2 amide bonds. The number of carbonyl (C=O) groups is 2. The second kappa shape index (κ2) is 8.45. The Bertz CT molecular complexity index is 715. The zero-order chi connectivity index (χ0) is 16.7. The van der Waals surface area contributed by atoms with E-state index in [0.29, 0.717) is 10.6 Å². The molecule has 0 aromatic heterocycles. The first-order valence-electron chi connectivity index (χ1n) is 6.66. The quantitative estimate of drug-likeness (QED) is 0.604. The second-order valence-corrected chi connectivity index (χ2v) is 5.89. The van der Waals surface area contributed by atoms with Gasteiger partial charge in [0.05, 0.1) is 12.8 Å². The molecule has 0 radical (unpaired) electrons. The Morgan fingerprint density at radius 2 is 1.74 bits per heavy atom. The summed E-state index contributed by atoms with van der Waals surface area (Å²) in [7, 11) is 0. The topological polar surface area (TPSA) is 70.6 Å². The number of carbonyl (C=O) groups excluding carboxylic acids is 2. The third-order valence-electron chi connectivity index (χ3n) is 2.79. The number of benzene rings is 2. The maximum absolute atomic E-state index is 11.8. The lowest BCUT2D eigenvalue weighted by molar-refractivity contribution is -0.120. The van der Waals surface area contributed by atoms with Crippen molar-refractivity contribution in [2.24, 2.45) is 5.10 Å². The standard InChI is InChI=1S/C16H13BrClN3O2/c17-13-5-1-11(2-6-13)9-20-21-15(22)10-19-16(23)12-3-7-14(18)8-4-12/h1-9H,10H2,(H,19,23)(H,21,22)/b20-9+. The lowest BCUT2D eigenvalue weighted by atomic mass is 10.2. The molecule has 118 valence electrons. The minimum absolute atomic E-state index is 0.168. The van der Waals surface area contributed by atoms with Crippen LogP contribution in [0.5, 0.6) is 0 Å². The largest absolute Gasteiger partial charge is 0.343 e. The predicted molar refractivity (Wildman–Crippen MR) is 93.7 cm³/mol. The molecule has 0 saturated carbocycles. The van der Waals surface area contributed by atoms with Crippen LogP contribution in [0.3, 0.4) is 0 Å². The molecule has 2 aromatic carbocycles. The first kappa shape index (κ1) is 17.2. The van der Waals surface area contributed by atoms with Crippen molar-refractivity contribution >= 4 is 45.6 Å². The summed E-state index contributed by atoms with van der Waals surface area (Å²) in [5.41, 5.74) is 3.62. The summed E-state index contributed by atoms with van der Waals surface area (Å²) in [6.07, 6.45) is 1.52. The Morgan fingerprint density at radius 1 is 1.09 bits per heavy atom. The first-order chi connectivity index (χ1) is 11.0. The number of nitrogens with zero attached hydrogens (tertiary/aromatic N) is 1. The Balaban J connectivity index is 1.77. The zero-order valence-corrected chi connectivity index (χ0v) is 14.3. The summed E-state index contributed by atoms with van der Waals surface area (Å²) >= 11 is 9.08. The van der Waals surface area contributed by atoms with Crippen LogP contribution < -0.4 is 10.7 Å². The highest BCUT2D eigenvalue weighted by Gasteiger charge is 2.07. The second-order valence-electron chi connectivity index (χ2n) is 4.53. The molecular formula is C16H13BrClN3O2. The van der Waals surface area contributed by atoms with E-state index in [1.54, 1.807) is 24.3 Å². The number of halogens is 2. The van der Waals surface area contributed by atoms with Gasteiger partial charge in [0.1, 0.15) is 0 Å². The van der Waals surface area contributed by atoms with Crippen LogP contribution in [0.2, 0.25) is 5.02 Å². The number of hydrazone groups is 1. The number of hydrogen-bond donors (Lipinski definition) is 2. The van der Waals surface area contributed by atoms with Gasteiger partial charge in [0.15, 0.2) is 0 Å². The van der Waals surface area contributed by atoms with Gasteiger partial charge in [-0.05, 0) is 42.0 Å². The maximum Gasteiger partial charge on any atom is 0.259 e. The van der Waals surface area contributed by atoms with Gasteiger partial charge in [-0.3, -0.25) is 9.59 Å². The fraction of sp³-hybridized carbons (Fsp3) is 0.0625. The van der Waals surface area contributed by atoms with Gasteiger partial charge in [0.25, 0.3) is 11.8 Å². The summed E-state index contributed by atoms with van der Waals surface area (Å²) < 4.78 is 0.962. The highest BCUT2D eigenvalue weighted by Crippen LogP contribution is 2.09. The molecule has 0 atom stereocenters. The normalized spacial score (nSPS) is 10.5. The molecule has 0 heterocycles. The Hall–Kier alpha value is -2.18. The van der Waals surface area contributed by atoms with Crippen LogP contribution in [0.4, 0.5) is 0 Å². The fourth-order valence-corrected chi connectivity index (χ4v) is 2.02. The highest BCUT2D eigenvalue weighted by molar-refractivity contribution is 9.10. The van der Waals surface area contributed by atoms with E-state index in [2.05, 4.69) is 31.8 Å². The van der Waals surface area contributed by atoms with Crippen molar-refractivity contribution < 1.29 is 9.59 Å². The molecule has 0 unspecified atom stereocenters. The summed E-state index contributed by atoms with van der Waals surface area (Å²) in [6.45, 7) is -0.168. The molecule has 23 heavy (non-hydrogen) atoms. The summed E-state index contributed by atoms with van der Waals surface area (Å²) in [5.74, 6) is -0.769. The molecule has 0 saturated heterocycles. The van der Waals surface area contributed by atoms with Crippen molar-refractivity contribution in [3.63, 3.8) is 0 Å². The van der Waals surface area contributed by atoms with Gasteiger partial charge < -0.3 is 5.32 Å². The molecule has 0 aliphatic heterocycles. The molecule has 0 fully saturated rings. The average molecular weight is 395 g/mol. The van der Waals surface area contributed by atoms with E-state index in [-0.39, 0.29) is 12.5 Å². The van der Waals surface area contributed by atoms with Crippen LogP contribution >= 0.6 is 27.5 Å². The van der Waals surface area contributed by atoms with Crippen molar-refractivity contribution in [1.29, 1.82) is 0 Å². The summed E-state index contributed by atoms with van der Waals surface area (Å²) in [6, 6.07) is 13.8. The smallest absolute Gasteiger partial charge is 0.259 e. The van der Waals surface area contributed by atoms with Crippen LogP contribution in [-0.2, 0) is 4.79 Å². The van der Waals surface area contributed by atoms with Gasteiger partial charge in [0.2, 0.25) is 0 Å². The van der Waals surface area contributed by atoms with Crippen LogP contribution in [0.1, 0.15) is 15.9 Å². The summed E-state index contributed by atoms with van der Waals surface area (Å²) in [5, 5.41) is 6.87. The minimum Gasteiger partial charge on any atom is -0.343 e. The maximum atomic E-state index is 11.8. The van der Waals surface area contributed by atoms with Crippen molar-refractivity contribution in [3.8, 4) is 0 Å². The SMILES string of the molecule is O=C(CNC(=O)c1ccc(Cl)cc1)N/N=C/c1ccc(Br)cc1. The third-order valence-corrected chi connectivity index (χ3v) is 3.57. The van der Waals surface area contributed by atoms with Gasteiger partial charge in [0, 0.05) is 15.1 Å². The third kappa shape index (κ3) is 5.84. The van der Waals surface area contributed by atoms with Gasteiger partial charge in [-0.2, -0.15) is 5.10 Å².